The maximum atomic E-state index is 11.1. The fourth-order valence-electron chi connectivity index (χ4n) is 2.63. The minimum absolute atomic E-state index is 0.115. The Hall–Kier alpha value is -3.02. The van der Waals surface area contributed by atoms with Crippen molar-refractivity contribution in [1.82, 2.24) is 0 Å². The number of nitrogens with one attached hydrogen (secondary N) is 1. The first-order chi connectivity index (χ1) is 12.8. The van der Waals surface area contributed by atoms with Crippen molar-refractivity contribution in [3.8, 4) is 11.5 Å². The number of carboxylic acids is 1. The standard InChI is InChI=1S/C21H26N2O4/c1-13(2)27-18-8-6-17(7-9-18)22-15(4)23-19-11-16(12-21(24)25)20(26-5)10-14(19)3/h6-11,13H,12H2,1-5H3,(H,22,23)(H,24,25). The van der Waals surface area contributed by atoms with Gasteiger partial charge in [-0.3, -0.25) is 4.79 Å². The van der Waals surface area contributed by atoms with Crippen LogP contribution >= 0.6 is 0 Å². The number of amidine groups is 1. The number of hydrogen-bond acceptors (Lipinski definition) is 4. The molecule has 2 aromatic carbocycles. The molecule has 0 saturated heterocycles. The molecule has 0 unspecified atom stereocenters. The Labute approximate surface area is 159 Å². The quantitative estimate of drug-likeness (QED) is 0.551. The molecule has 0 amide bonds. The minimum Gasteiger partial charge on any atom is -0.496 e. The topological polar surface area (TPSA) is 80.1 Å². The Bertz CT molecular complexity index is 827. The number of methoxy groups -OCH3 is 1. The van der Waals surface area contributed by atoms with Gasteiger partial charge >= 0.3 is 5.97 Å². The molecule has 2 N–H and O–H groups in total. The number of aliphatic carboxylic acids is 1. The number of nitrogens with zero attached hydrogens (tertiary/aromatic N) is 1. The molecule has 0 atom stereocenters. The number of carbonyl (C=O) groups is 1. The summed E-state index contributed by atoms with van der Waals surface area (Å²) in [5.41, 5.74) is 3.10. The Morgan fingerprint density at radius 3 is 2.44 bits per heavy atom. The molecule has 0 bridgehead atoms. The van der Waals surface area contributed by atoms with Crippen LogP contribution in [0.4, 0.5) is 11.4 Å². The zero-order valence-electron chi connectivity index (χ0n) is 16.4. The normalized spacial score (nSPS) is 11.4. The van der Waals surface area contributed by atoms with Gasteiger partial charge in [0.1, 0.15) is 17.3 Å². The van der Waals surface area contributed by atoms with Gasteiger partial charge in [0, 0.05) is 11.3 Å². The second-order valence-electron chi connectivity index (χ2n) is 6.53. The van der Waals surface area contributed by atoms with Gasteiger partial charge in [0.15, 0.2) is 0 Å². The molecular weight excluding hydrogens is 344 g/mol. The molecule has 2 aromatic rings. The summed E-state index contributed by atoms with van der Waals surface area (Å²) in [5.74, 6) is 1.15. The number of carboxylic acid groups (broad SMARTS) is 1. The van der Waals surface area contributed by atoms with Crippen molar-refractivity contribution in [2.24, 2.45) is 4.99 Å². The highest BCUT2D eigenvalue weighted by molar-refractivity contribution is 5.95. The molecule has 0 aliphatic carbocycles. The van der Waals surface area contributed by atoms with E-state index < -0.39 is 5.97 Å². The van der Waals surface area contributed by atoms with Gasteiger partial charge in [0.2, 0.25) is 0 Å². The average molecular weight is 370 g/mol. The third kappa shape index (κ3) is 6.02. The van der Waals surface area contributed by atoms with E-state index in [0.717, 1.165) is 17.0 Å². The Kier molecular flexibility index (Phi) is 6.82. The van der Waals surface area contributed by atoms with Crippen molar-refractivity contribution >= 4 is 23.2 Å². The van der Waals surface area contributed by atoms with Crippen LogP contribution in [0, 0.1) is 6.92 Å². The third-order valence-electron chi connectivity index (χ3n) is 3.78. The fourth-order valence-corrected chi connectivity index (χ4v) is 2.63. The Morgan fingerprint density at radius 2 is 1.89 bits per heavy atom. The van der Waals surface area contributed by atoms with Gasteiger partial charge < -0.3 is 19.9 Å². The van der Waals surface area contributed by atoms with E-state index in [-0.39, 0.29) is 12.5 Å². The molecule has 0 aliphatic heterocycles. The summed E-state index contributed by atoms with van der Waals surface area (Å²) in [6, 6.07) is 11.2. The van der Waals surface area contributed by atoms with Gasteiger partial charge in [-0.25, -0.2) is 4.99 Å². The zero-order valence-corrected chi connectivity index (χ0v) is 16.4. The van der Waals surface area contributed by atoms with Crippen molar-refractivity contribution in [3.63, 3.8) is 0 Å². The summed E-state index contributed by atoms with van der Waals surface area (Å²) < 4.78 is 10.9. The van der Waals surface area contributed by atoms with E-state index in [1.165, 1.54) is 7.11 Å². The minimum atomic E-state index is -0.911. The molecule has 0 fully saturated rings. The zero-order chi connectivity index (χ0) is 20.0. The monoisotopic (exact) mass is 370 g/mol. The summed E-state index contributed by atoms with van der Waals surface area (Å²) >= 11 is 0. The van der Waals surface area contributed by atoms with Gasteiger partial charge in [-0.15, -0.1) is 0 Å². The molecule has 0 heterocycles. The van der Waals surface area contributed by atoms with Crippen LogP contribution in [0.5, 0.6) is 11.5 Å². The van der Waals surface area contributed by atoms with Gasteiger partial charge in [0.25, 0.3) is 0 Å². The lowest BCUT2D eigenvalue weighted by molar-refractivity contribution is -0.136. The van der Waals surface area contributed by atoms with Crippen LogP contribution in [0.2, 0.25) is 0 Å². The fraction of sp³-hybridized carbons (Fsp3) is 0.333. The highest BCUT2D eigenvalue weighted by atomic mass is 16.5. The maximum absolute atomic E-state index is 11.1. The number of aryl methyl sites for hydroxylation is 1. The maximum Gasteiger partial charge on any atom is 0.307 e. The summed E-state index contributed by atoms with van der Waals surface area (Å²) in [4.78, 5) is 15.7. The molecule has 0 spiro atoms. The predicted molar refractivity (Wildman–Crippen MR) is 108 cm³/mol. The second-order valence-corrected chi connectivity index (χ2v) is 6.53. The highest BCUT2D eigenvalue weighted by Crippen LogP contribution is 2.29. The van der Waals surface area contributed by atoms with Crippen molar-refractivity contribution in [2.75, 3.05) is 12.4 Å². The molecule has 6 nitrogen and oxygen atoms in total. The molecule has 144 valence electrons. The van der Waals surface area contributed by atoms with E-state index >= 15 is 0 Å². The van der Waals surface area contributed by atoms with E-state index in [4.69, 9.17) is 14.6 Å². The molecule has 0 aromatic heterocycles. The van der Waals surface area contributed by atoms with Crippen LogP contribution < -0.4 is 14.8 Å². The average Bonchev–Trinajstić information content (AvgIpc) is 2.58. The van der Waals surface area contributed by atoms with Gasteiger partial charge in [0.05, 0.1) is 25.3 Å². The number of aliphatic imine (C=N–C) groups is 1. The van der Waals surface area contributed by atoms with E-state index in [0.29, 0.717) is 22.8 Å². The first-order valence-corrected chi connectivity index (χ1v) is 8.77. The second kappa shape index (κ2) is 9.07. The van der Waals surface area contributed by atoms with E-state index in [1.54, 1.807) is 6.07 Å². The van der Waals surface area contributed by atoms with Crippen LogP contribution in [0.15, 0.2) is 41.4 Å². The van der Waals surface area contributed by atoms with Gasteiger partial charge in [-0.05, 0) is 69.7 Å². The Morgan fingerprint density at radius 1 is 1.22 bits per heavy atom. The largest absolute Gasteiger partial charge is 0.496 e. The number of hydrogen-bond donors (Lipinski definition) is 2. The lowest BCUT2D eigenvalue weighted by Gasteiger charge is -2.12. The van der Waals surface area contributed by atoms with Crippen LogP contribution in [-0.2, 0) is 11.2 Å². The molecule has 0 radical (unpaired) electrons. The first-order valence-electron chi connectivity index (χ1n) is 8.77. The van der Waals surface area contributed by atoms with Crippen molar-refractivity contribution in [3.05, 3.63) is 47.5 Å². The molecule has 0 aliphatic rings. The first kappa shape index (κ1) is 20.3. The SMILES string of the molecule is COc1cc(C)c(N=C(C)Nc2ccc(OC(C)C)cc2)cc1CC(=O)O. The predicted octanol–water partition coefficient (Wildman–Crippen LogP) is 4.58. The van der Waals surface area contributed by atoms with Crippen LogP contribution in [0.3, 0.4) is 0 Å². The smallest absolute Gasteiger partial charge is 0.307 e. The lowest BCUT2D eigenvalue weighted by atomic mass is 10.1. The van der Waals surface area contributed by atoms with Gasteiger partial charge in [-0.1, -0.05) is 0 Å². The van der Waals surface area contributed by atoms with Crippen LogP contribution in [0.25, 0.3) is 0 Å². The molecule has 0 saturated carbocycles. The Balaban J connectivity index is 2.20. The van der Waals surface area contributed by atoms with E-state index in [9.17, 15) is 4.79 Å². The van der Waals surface area contributed by atoms with Gasteiger partial charge in [-0.2, -0.15) is 0 Å². The third-order valence-corrected chi connectivity index (χ3v) is 3.78. The number of rotatable bonds is 7. The molecule has 2 rings (SSSR count). The number of benzene rings is 2. The lowest BCUT2D eigenvalue weighted by Crippen LogP contribution is -2.08. The molecule has 27 heavy (non-hydrogen) atoms. The van der Waals surface area contributed by atoms with E-state index in [2.05, 4.69) is 10.3 Å². The summed E-state index contributed by atoms with van der Waals surface area (Å²) in [6.07, 6.45) is 0.0145. The summed E-state index contributed by atoms with van der Waals surface area (Å²) in [5, 5.41) is 12.3. The van der Waals surface area contributed by atoms with Crippen molar-refractivity contribution in [1.29, 1.82) is 0 Å². The van der Waals surface area contributed by atoms with Crippen LogP contribution in [-0.4, -0.2) is 30.1 Å². The highest BCUT2D eigenvalue weighted by Gasteiger charge is 2.11. The van der Waals surface area contributed by atoms with Crippen molar-refractivity contribution in [2.45, 2.75) is 40.2 Å². The summed E-state index contributed by atoms with van der Waals surface area (Å²) in [7, 11) is 1.53. The van der Waals surface area contributed by atoms with E-state index in [1.807, 2.05) is 58.0 Å². The number of anilines is 1. The van der Waals surface area contributed by atoms with Crippen molar-refractivity contribution < 1.29 is 19.4 Å². The molecule has 6 heteroatoms. The summed E-state index contributed by atoms with van der Waals surface area (Å²) in [6.45, 7) is 7.74. The van der Waals surface area contributed by atoms with Crippen LogP contribution in [0.1, 0.15) is 31.9 Å². The molecular formula is C21H26N2O4. The number of ether oxygens (including phenoxy) is 2.